The second-order valence-electron chi connectivity index (χ2n) is 23.4. The summed E-state index contributed by atoms with van der Waals surface area (Å²) in [5, 5.41) is 33.8. The van der Waals surface area contributed by atoms with E-state index in [2.05, 4.69) is 62.5 Å². The number of carbonyl (C=O) groups excluding carboxylic acids is 9. The van der Waals surface area contributed by atoms with Crippen molar-refractivity contribution < 1.29 is 53.1 Å². The third-order valence-corrected chi connectivity index (χ3v) is 18.1. The lowest BCUT2D eigenvalue weighted by atomic mass is 10.00. The molecule has 0 radical (unpaired) electrons. The maximum absolute atomic E-state index is 15.1. The fraction of sp³-hybridized carbons (Fsp3) is 0.600. The number of nitrogens with one attached hydrogen (secondary N) is 8. The van der Waals surface area contributed by atoms with Gasteiger partial charge in [0.15, 0.2) is 23.8 Å². The Morgan fingerprint density at radius 3 is 1.67 bits per heavy atom. The zero-order valence-electron chi connectivity index (χ0n) is 54.6. The Kier molecular flexibility index (Phi) is 35.9. The van der Waals surface area contributed by atoms with Gasteiger partial charge in [-0.1, -0.05) is 64.1 Å². The molecule has 2 aromatic carbocycles. The molecule has 97 heavy (non-hydrogen) atoms. The summed E-state index contributed by atoms with van der Waals surface area (Å²) in [6.07, 6.45) is 2.41. The smallest absolute Gasteiger partial charge is 0.326 e. The van der Waals surface area contributed by atoms with E-state index in [1.807, 2.05) is 36.4 Å². The van der Waals surface area contributed by atoms with Crippen LogP contribution in [-0.4, -0.2) is 211 Å². The number of carboxylic acid groups (broad SMARTS) is 1. The van der Waals surface area contributed by atoms with Crippen LogP contribution in [0.5, 0.6) is 0 Å². The Morgan fingerprint density at radius 2 is 1.07 bits per heavy atom. The molecule has 37 heteroatoms. The molecular formula is C60H100N24O11S2. The minimum absolute atomic E-state index is 0.00378. The average molecular weight is 1400 g/mol. The van der Waals surface area contributed by atoms with Gasteiger partial charge in [0.25, 0.3) is 0 Å². The van der Waals surface area contributed by atoms with Gasteiger partial charge in [-0.3, -0.25) is 63.1 Å². The molecule has 2 aromatic rings. The molecule has 0 unspecified atom stereocenters. The molecule has 4 rings (SSSR count). The first-order valence-corrected chi connectivity index (χ1v) is 34.9. The fourth-order valence-corrected chi connectivity index (χ4v) is 12.9. The fourth-order valence-electron chi connectivity index (χ4n) is 10.6. The zero-order valence-corrected chi connectivity index (χ0v) is 56.3. The molecule has 0 spiro atoms. The van der Waals surface area contributed by atoms with E-state index in [0.717, 1.165) is 32.4 Å². The molecule has 0 bridgehead atoms. The number of benzene rings is 2. The first kappa shape index (κ1) is 80.5. The standard InChI is InChI=1S/C60H100N24O11S2/c61-23-5-3-15-38-48(86)79-41(16-4-6-24-62)55(93)84-29-11-20-46(84)54(92)78-40(18-9-27-74-59(68)69)50(88)83-45(53(91)80-42(56(94)95)19-10-28-75-60(70)71)33-97-96-32-44(52(90)77-38)82-49(87)39(17-8-26-73-58(66)67)76-51(89)43(81-47(85)37(63)14-7-25-72-57(64)65)31-34-21-22-35-12-1-2-13-36(35)30-34/h1-2,12-13,21-22,30,37-46H,3-11,14-20,23-29,31-33,61-63H2,(H,76,89)(H,77,90)(H,78,92)(H,79,86)(H,80,91)(H,81,85)(H,82,87)(H,83,88)(H,94,95)(H4,64,65,72)(H4,66,67,73)(H4,68,69,74)(H4,70,71,75)/t37-,38-,39-,40-,41+,42-,43-,44-,45-,46-/m0/s1. The molecule has 0 saturated carbocycles. The summed E-state index contributed by atoms with van der Waals surface area (Å²) in [6.45, 7) is 0.760. The lowest BCUT2D eigenvalue weighted by Gasteiger charge is -2.31. The van der Waals surface area contributed by atoms with Crippen molar-refractivity contribution >= 4 is 115 Å². The van der Waals surface area contributed by atoms with E-state index >= 15 is 9.59 Å². The molecule has 10 atom stereocenters. The second kappa shape index (κ2) is 43.3. The van der Waals surface area contributed by atoms with Gasteiger partial charge in [-0.25, -0.2) is 4.79 Å². The van der Waals surface area contributed by atoms with Crippen molar-refractivity contribution in [3.63, 3.8) is 0 Å². The number of aliphatic carboxylic acids is 1. The third-order valence-electron chi connectivity index (χ3n) is 15.7. The van der Waals surface area contributed by atoms with E-state index in [1.165, 1.54) is 4.90 Å². The van der Waals surface area contributed by atoms with E-state index in [9.17, 15) is 43.5 Å². The van der Waals surface area contributed by atoms with E-state index in [-0.39, 0.29) is 152 Å². The van der Waals surface area contributed by atoms with Crippen LogP contribution in [0.1, 0.15) is 108 Å². The normalized spacial score (nSPS) is 20.1. The van der Waals surface area contributed by atoms with Gasteiger partial charge in [0.1, 0.15) is 54.4 Å². The molecule has 2 aliphatic heterocycles. The minimum atomic E-state index is -1.58. The number of guanidine groups is 4. The highest BCUT2D eigenvalue weighted by atomic mass is 33.1. The number of amides is 9. The van der Waals surface area contributed by atoms with Crippen LogP contribution < -0.4 is 106 Å². The molecule has 0 aliphatic carbocycles. The summed E-state index contributed by atoms with van der Waals surface area (Å²) in [5.41, 5.74) is 63.1. The minimum Gasteiger partial charge on any atom is -0.480 e. The number of rotatable bonds is 35. The average Bonchev–Trinajstić information content (AvgIpc) is 1.75. The predicted octanol–water partition coefficient (Wildman–Crippen LogP) is -5.47. The van der Waals surface area contributed by atoms with Gasteiger partial charge in [0.05, 0.1) is 6.04 Å². The maximum atomic E-state index is 15.1. The predicted molar refractivity (Wildman–Crippen MR) is 374 cm³/mol. The first-order valence-electron chi connectivity index (χ1n) is 32.4. The molecule has 35 nitrogen and oxygen atoms in total. The SMILES string of the molecule is NCCCC[C@@H]1NC(=O)[C@@H](NC(=O)[C@H](CCCN=C(N)N)NC(=O)[C@H](Cc2ccc3ccccc3c2)NC(=O)[C@@H](N)CCCN=C(N)N)CSSC[C@@H](C(=O)N[C@@H](CCCN=C(N)N)C(=O)O)NC(=O)[C@H](CCCN=C(N)N)NC(=O)[C@@H]2CCCN2C(=O)[C@@H](CCCCN)NC1=O. The summed E-state index contributed by atoms with van der Waals surface area (Å²) in [5.74, 6) is -10.3. The number of unbranched alkanes of at least 4 members (excludes halogenated alkanes) is 2. The molecule has 2 fully saturated rings. The molecular weight excluding hydrogens is 1300 g/mol. The highest BCUT2D eigenvalue weighted by molar-refractivity contribution is 8.76. The Balaban J connectivity index is 1.85. The largest absolute Gasteiger partial charge is 0.480 e. The number of hydrogen-bond acceptors (Lipinski definition) is 19. The molecule has 2 aliphatic rings. The van der Waals surface area contributed by atoms with Crippen LogP contribution in [0, 0.1) is 0 Å². The molecule has 2 heterocycles. The Hall–Kier alpha value is -8.94. The van der Waals surface area contributed by atoms with Gasteiger partial charge >= 0.3 is 5.97 Å². The van der Waals surface area contributed by atoms with Crippen molar-refractivity contribution in [3.8, 4) is 0 Å². The van der Waals surface area contributed by atoms with Crippen LogP contribution in [0.25, 0.3) is 10.8 Å². The number of fused-ring (bicyclic) bond motifs is 2. The van der Waals surface area contributed by atoms with Gasteiger partial charge in [-0.05, 0) is 132 Å². The molecule has 2 saturated heterocycles. The van der Waals surface area contributed by atoms with Crippen LogP contribution in [0.15, 0.2) is 62.4 Å². The maximum Gasteiger partial charge on any atom is 0.326 e. The summed E-state index contributed by atoms with van der Waals surface area (Å²) < 4.78 is 0. The van der Waals surface area contributed by atoms with Crippen LogP contribution in [0.4, 0.5) is 0 Å². The van der Waals surface area contributed by atoms with E-state index in [1.54, 1.807) is 6.07 Å². The van der Waals surface area contributed by atoms with Crippen molar-refractivity contribution in [2.75, 3.05) is 57.3 Å². The second-order valence-corrected chi connectivity index (χ2v) is 26.0. The van der Waals surface area contributed by atoms with Gasteiger partial charge in [-0.2, -0.15) is 0 Å². The van der Waals surface area contributed by atoms with Gasteiger partial charge in [-0.15, -0.1) is 0 Å². The Bertz CT molecular complexity index is 3070. The van der Waals surface area contributed by atoms with Crippen molar-refractivity contribution in [1.29, 1.82) is 0 Å². The summed E-state index contributed by atoms with van der Waals surface area (Å²) >= 11 is 0. The van der Waals surface area contributed by atoms with Crippen LogP contribution >= 0.6 is 21.6 Å². The summed E-state index contributed by atoms with van der Waals surface area (Å²) in [4.78, 5) is 162. The summed E-state index contributed by atoms with van der Waals surface area (Å²) in [7, 11) is 1.84. The van der Waals surface area contributed by atoms with Gasteiger partial charge in [0.2, 0.25) is 53.2 Å². The number of aliphatic imine (C=N–C) groups is 4. The van der Waals surface area contributed by atoms with Crippen molar-refractivity contribution in [1.82, 2.24) is 47.4 Å². The van der Waals surface area contributed by atoms with E-state index < -0.39 is 120 Å². The van der Waals surface area contributed by atoms with Crippen LogP contribution in [-0.2, 0) is 54.4 Å². The quantitative estimate of drug-likeness (QED) is 0.0132. The Labute approximate surface area is 571 Å². The first-order chi connectivity index (χ1) is 46.3. The number of nitrogens with two attached hydrogens (primary N) is 11. The van der Waals surface area contributed by atoms with Crippen molar-refractivity contribution in [2.24, 2.45) is 83.0 Å². The third kappa shape index (κ3) is 29.5. The number of nitrogens with zero attached hydrogens (tertiary/aromatic N) is 5. The van der Waals surface area contributed by atoms with Crippen LogP contribution in [0.3, 0.4) is 0 Å². The van der Waals surface area contributed by atoms with E-state index in [0.29, 0.717) is 44.1 Å². The molecule has 9 amide bonds. The van der Waals surface area contributed by atoms with Crippen molar-refractivity contribution in [2.45, 2.75) is 170 Å². The summed E-state index contributed by atoms with van der Waals surface area (Å²) in [6, 6.07) is -0.756. The lowest BCUT2D eigenvalue weighted by molar-refractivity contribution is -0.143. The van der Waals surface area contributed by atoms with Gasteiger partial charge < -0.3 is 116 Å². The zero-order chi connectivity index (χ0) is 71.4. The molecule has 31 N–H and O–H groups in total. The number of carbonyl (C=O) groups is 10. The highest BCUT2D eigenvalue weighted by Crippen LogP contribution is 2.26. The molecule has 538 valence electrons. The van der Waals surface area contributed by atoms with Crippen LogP contribution in [0.2, 0.25) is 0 Å². The van der Waals surface area contributed by atoms with Gasteiger partial charge in [0, 0.05) is 50.7 Å². The topological polar surface area (TPSA) is 626 Å². The highest BCUT2D eigenvalue weighted by Gasteiger charge is 2.41. The number of carboxylic acids is 1. The lowest BCUT2D eigenvalue weighted by Crippen LogP contribution is -2.61. The monoisotopic (exact) mass is 1400 g/mol. The molecule has 0 aromatic heterocycles. The van der Waals surface area contributed by atoms with Crippen molar-refractivity contribution in [3.05, 3.63) is 48.0 Å². The van der Waals surface area contributed by atoms with E-state index in [4.69, 9.17) is 63.1 Å². The Morgan fingerprint density at radius 1 is 0.557 bits per heavy atom. The number of hydrogen-bond donors (Lipinski definition) is 20.